The van der Waals surface area contributed by atoms with Crippen LogP contribution in [-0.2, 0) is 20.9 Å². The molecule has 1 heterocycles. The maximum Gasteiger partial charge on any atom is 0.331 e. The molecule has 1 aliphatic heterocycles. The summed E-state index contributed by atoms with van der Waals surface area (Å²) in [5.41, 5.74) is 1.76. The number of fused-ring (bicyclic) bond motifs is 1. The van der Waals surface area contributed by atoms with Gasteiger partial charge in [-0.25, -0.2) is 4.79 Å². The summed E-state index contributed by atoms with van der Waals surface area (Å²) in [6.45, 7) is 1.10. The quantitative estimate of drug-likeness (QED) is 0.637. The fraction of sp³-hybridized carbons (Fsp3) is 0.200. The molecule has 2 aromatic rings. The van der Waals surface area contributed by atoms with Gasteiger partial charge < -0.3 is 19.5 Å². The van der Waals surface area contributed by atoms with Gasteiger partial charge in [-0.3, -0.25) is 4.79 Å². The van der Waals surface area contributed by atoms with Crippen molar-refractivity contribution in [1.29, 1.82) is 0 Å². The van der Waals surface area contributed by atoms with Crippen molar-refractivity contribution in [2.45, 2.75) is 6.54 Å². The predicted molar refractivity (Wildman–Crippen MR) is 95.7 cm³/mol. The lowest BCUT2D eigenvalue weighted by Gasteiger charge is -2.18. The summed E-state index contributed by atoms with van der Waals surface area (Å²) in [5.74, 6) is 0.391. The van der Waals surface area contributed by atoms with E-state index >= 15 is 0 Å². The molecule has 0 saturated heterocycles. The summed E-state index contributed by atoms with van der Waals surface area (Å²) in [5, 5.41) is 2.69. The Hall–Kier alpha value is -3.28. The topological polar surface area (TPSA) is 73.9 Å². The highest BCUT2D eigenvalue weighted by Gasteiger charge is 2.11. The lowest BCUT2D eigenvalue weighted by atomic mass is 10.2. The normalized spacial score (nSPS) is 12.6. The Labute approximate surface area is 151 Å². The molecule has 0 fully saturated rings. The van der Waals surface area contributed by atoms with Crippen molar-refractivity contribution in [1.82, 2.24) is 5.32 Å². The molecule has 1 N–H and O–H groups in total. The number of rotatable bonds is 6. The number of carbonyl (C=O) groups excluding carboxylic acids is 2. The molecule has 3 rings (SSSR count). The maximum atomic E-state index is 11.7. The van der Waals surface area contributed by atoms with Crippen molar-refractivity contribution in [2.24, 2.45) is 0 Å². The molecule has 2 aromatic carbocycles. The summed E-state index contributed by atoms with van der Waals surface area (Å²) in [4.78, 5) is 23.5. The average Bonchev–Trinajstić information content (AvgIpc) is 2.69. The number of benzene rings is 2. The van der Waals surface area contributed by atoms with Crippen LogP contribution in [0.1, 0.15) is 11.1 Å². The number of nitrogens with one attached hydrogen (secondary N) is 1. The molecule has 134 valence electrons. The van der Waals surface area contributed by atoms with E-state index in [0.29, 0.717) is 31.3 Å². The molecule has 6 heteroatoms. The molecule has 0 atom stereocenters. The molecule has 0 spiro atoms. The minimum atomic E-state index is -0.588. The standard InChI is InChI=1S/C20H19NO5/c22-19(21-13-16-4-2-1-3-5-16)14-26-20(23)9-7-15-6-8-17-18(12-15)25-11-10-24-17/h1-9,12H,10-11,13-14H2,(H,21,22). The third kappa shape index (κ3) is 5.11. The van der Waals surface area contributed by atoms with Crippen LogP contribution in [0.4, 0.5) is 0 Å². The van der Waals surface area contributed by atoms with Crippen LogP contribution in [0.25, 0.3) is 6.08 Å². The molecule has 0 unspecified atom stereocenters. The van der Waals surface area contributed by atoms with Crippen molar-refractivity contribution in [3.8, 4) is 11.5 Å². The second kappa shape index (κ2) is 8.71. The molecule has 0 radical (unpaired) electrons. The first-order valence-corrected chi connectivity index (χ1v) is 8.26. The molecule has 1 aliphatic rings. The molecular weight excluding hydrogens is 334 g/mol. The fourth-order valence-corrected chi connectivity index (χ4v) is 2.36. The summed E-state index contributed by atoms with van der Waals surface area (Å²) in [7, 11) is 0. The van der Waals surface area contributed by atoms with Crippen LogP contribution in [-0.4, -0.2) is 31.7 Å². The summed E-state index contributed by atoms with van der Waals surface area (Å²) in [6, 6.07) is 14.9. The van der Waals surface area contributed by atoms with Gasteiger partial charge in [-0.2, -0.15) is 0 Å². The van der Waals surface area contributed by atoms with E-state index in [1.54, 1.807) is 18.2 Å². The Morgan fingerprint density at radius 1 is 1.04 bits per heavy atom. The van der Waals surface area contributed by atoms with Crippen LogP contribution in [0.2, 0.25) is 0 Å². The van der Waals surface area contributed by atoms with E-state index in [2.05, 4.69) is 5.32 Å². The fourth-order valence-electron chi connectivity index (χ4n) is 2.36. The van der Waals surface area contributed by atoms with Crippen molar-refractivity contribution in [2.75, 3.05) is 19.8 Å². The van der Waals surface area contributed by atoms with Crippen molar-refractivity contribution >= 4 is 18.0 Å². The van der Waals surface area contributed by atoms with Crippen LogP contribution in [0, 0.1) is 0 Å². The molecule has 0 aromatic heterocycles. The molecule has 6 nitrogen and oxygen atoms in total. The molecular formula is C20H19NO5. The SMILES string of the molecule is O=C(COC(=O)C=Cc1ccc2c(c1)OCCO2)NCc1ccccc1. The Morgan fingerprint density at radius 2 is 1.81 bits per heavy atom. The van der Waals surface area contributed by atoms with E-state index < -0.39 is 5.97 Å². The van der Waals surface area contributed by atoms with Crippen LogP contribution in [0.3, 0.4) is 0 Å². The van der Waals surface area contributed by atoms with E-state index in [0.717, 1.165) is 11.1 Å². The largest absolute Gasteiger partial charge is 0.486 e. The van der Waals surface area contributed by atoms with Gasteiger partial charge in [0, 0.05) is 12.6 Å². The number of carbonyl (C=O) groups is 2. The van der Waals surface area contributed by atoms with Crippen molar-refractivity contribution in [3.63, 3.8) is 0 Å². The van der Waals surface area contributed by atoms with Crippen LogP contribution < -0.4 is 14.8 Å². The average molecular weight is 353 g/mol. The Bertz CT molecular complexity index is 801. The van der Waals surface area contributed by atoms with Gasteiger partial charge >= 0.3 is 5.97 Å². The first-order chi connectivity index (χ1) is 12.7. The zero-order valence-electron chi connectivity index (χ0n) is 14.1. The van der Waals surface area contributed by atoms with Gasteiger partial charge in [-0.1, -0.05) is 36.4 Å². The molecule has 0 aliphatic carbocycles. The van der Waals surface area contributed by atoms with Crippen LogP contribution in [0.5, 0.6) is 11.5 Å². The van der Waals surface area contributed by atoms with E-state index in [9.17, 15) is 9.59 Å². The smallest absolute Gasteiger partial charge is 0.331 e. The highest BCUT2D eigenvalue weighted by atomic mass is 16.6. The van der Waals surface area contributed by atoms with E-state index in [1.807, 2.05) is 36.4 Å². The molecule has 0 bridgehead atoms. The van der Waals surface area contributed by atoms with E-state index in [1.165, 1.54) is 6.08 Å². The minimum Gasteiger partial charge on any atom is -0.486 e. The number of hydrogen-bond donors (Lipinski definition) is 1. The van der Waals surface area contributed by atoms with Crippen molar-refractivity contribution < 1.29 is 23.8 Å². The zero-order valence-corrected chi connectivity index (χ0v) is 14.1. The summed E-state index contributed by atoms with van der Waals surface area (Å²) in [6.07, 6.45) is 2.87. The number of esters is 1. The summed E-state index contributed by atoms with van der Waals surface area (Å²) >= 11 is 0. The number of hydrogen-bond acceptors (Lipinski definition) is 5. The van der Waals surface area contributed by atoms with Gasteiger partial charge in [0.25, 0.3) is 5.91 Å². The second-order valence-electron chi connectivity index (χ2n) is 5.61. The zero-order chi connectivity index (χ0) is 18.2. The summed E-state index contributed by atoms with van der Waals surface area (Å²) < 4.78 is 15.9. The highest BCUT2D eigenvalue weighted by Crippen LogP contribution is 2.31. The maximum absolute atomic E-state index is 11.7. The Balaban J connectivity index is 1.43. The van der Waals surface area contributed by atoms with Gasteiger partial charge in [0.2, 0.25) is 0 Å². The monoisotopic (exact) mass is 353 g/mol. The Morgan fingerprint density at radius 3 is 2.62 bits per heavy atom. The number of ether oxygens (including phenoxy) is 3. The number of amides is 1. The van der Waals surface area contributed by atoms with Crippen molar-refractivity contribution in [3.05, 3.63) is 65.7 Å². The first kappa shape index (κ1) is 17.5. The highest BCUT2D eigenvalue weighted by molar-refractivity contribution is 5.89. The van der Waals surface area contributed by atoms with Gasteiger partial charge in [0.15, 0.2) is 18.1 Å². The van der Waals surface area contributed by atoms with Gasteiger partial charge in [-0.15, -0.1) is 0 Å². The lowest BCUT2D eigenvalue weighted by Crippen LogP contribution is -2.28. The van der Waals surface area contributed by atoms with Gasteiger partial charge in [-0.05, 0) is 29.3 Å². The first-order valence-electron chi connectivity index (χ1n) is 8.26. The van der Waals surface area contributed by atoms with Gasteiger partial charge in [0.05, 0.1) is 0 Å². The minimum absolute atomic E-state index is 0.322. The Kier molecular flexibility index (Phi) is 5.88. The van der Waals surface area contributed by atoms with E-state index in [-0.39, 0.29) is 12.5 Å². The molecule has 1 amide bonds. The van der Waals surface area contributed by atoms with Crippen LogP contribution in [0.15, 0.2) is 54.6 Å². The predicted octanol–water partition coefficient (Wildman–Crippen LogP) is 2.33. The molecule has 0 saturated carbocycles. The molecule has 26 heavy (non-hydrogen) atoms. The van der Waals surface area contributed by atoms with Gasteiger partial charge in [0.1, 0.15) is 13.2 Å². The van der Waals surface area contributed by atoms with E-state index in [4.69, 9.17) is 14.2 Å². The second-order valence-corrected chi connectivity index (χ2v) is 5.61. The third-order valence-corrected chi connectivity index (χ3v) is 3.66. The lowest BCUT2D eigenvalue weighted by molar-refractivity contribution is -0.143. The third-order valence-electron chi connectivity index (χ3n) is 3.66. The van der Waals surface area contributed by atoms with Crippen LogP contribution >= 0.6 is 0 Å².